The number of imidazole rings is 2. The van der Waals surface area contributed by atoms with Crippen molar-refractivity contribution in [3.05, 3.63) is 95.4 Å². The smallest absolute Gasteiger partial charge is 0.416 e. The van der Waals surface area contributed by atoms with Crippen LogP contribution < -0.4 is 15.4 Å². The van der Waals surface area contributed by atoms with Gasteiger partial charge in [-0.05, 0) is 62.8 Å². The largest absolute Gasteiger partial charge is 0.496 e. The predicted molar refractivity (Wildman–Crippen MR) is 199 cm³/mol. The Bertz CT molecular complexity index is 2410. The Labute approximate surface area is 301 Å². The van der Waals surface area contributed by atoms with Gasteiger partial charge in [-0.3, -0.25) is 4.40 Å². The molecular weight excluding hydrogens is 688 g/mol. The minimum Gasteiger partial charge on any atom is -0.496 e. The van der Waals surface area contributed by atoms with Crippen molar-refractivity contribution in [2.24, 2.45) is 0 Å². The number of nitrogens with one attached hydrogen (secondary N) is 1. The molecule has 7 aromatic rings. The topological polar surface area (TPSA) is 113 Å². The van der Waals surface area contributed by atoms with Crippen LogP contribution in [0.4, 0.5) is 24.8 Å². The molecule has 1 fully saturated rings. The van der Waals surface area contributed by atoms with Crippen LogP contribution >= 0.6 is 11.3 Å². The summed E-state index contributed by atoms with van der Waals surface area (Å²) < 4.78 is 49.1. The molecule has 0 unspecified atom stereocenters. The third kappa shape index (κ3) is 6.21. The zero-order chi connectivity index (χ0) is 36.1. The average Bonchev–Trinajstić information content (AvgIpc) is 3.85. The number of aromatic nitrogens is 6. The van der Waals surface area contributed by atoms with Crippen LogP contribution in [0.2, 0.25) is 0 Å². The average molecular weight is 724 g/mol. The Morgan fingerprint density at radius 3 is 2.56 bits per heavy atom. The molecule has 14 heteroatoms. The van der Waals surface area contributed by atoms with Crippen LogP contribution in [-0.4, -0.2) is 74.6 Å². The number of methoxy groups -OCH3 is 1. The van der Waals surface area contributed by atoms with E-state index in [2.05, 4.69) is 51.0 Å². The molecule has 1 saturated heterocycles. The fourth-order valence-electron chi connectivity index (χ4n) is 7.15. The lowest BCUT2D eigenvalue weighted by Gasteiger charge is -2.36. The van der Waals surface area contributed by atoms with E-state index in [1.54, 1.807) is 19.4 Å². The number of benzene rings is 3. The third-order valence-electron chi connectivity index (χ3n) is 9.81. The molecule has 0 saturated carbocycles. The third-order valence-corrected chi connectivity index (χ3v) is 10.6. The second-order valence-electron chi connectivity index (χ2n) is 13.2. The number of thiazole rings is 1. The van der Waals surface area contributed by atoms with Crippen molar-refractivity contribution < 1.29 is 17.9 Å². The number of fused-ring (bicyclic) bond motifs is 2. The van der Waals surface area contributed by atoms with E-state index in [0.29, 0.717) is 40.0 Å². The van der Waals surface area contributed by atoms with Gasteiger partial charge in [-0.2, -0.15) is 13.2 Å². The minimum absolute atomic E-state index is 0.00368. The van der Waals surface area contributed by atoms with Crippen molar-refractivity contribution in [2.75, 3.05) is 44.9 Å². The number of hydrogen-bond acceptors (Lipinski definition) is 9. The summed E-state index contributed by atoms with van der Waals surface area (Å²) in [5.74, 6) is 1.23. The summed E-state index contributed by atoms with van der Waals surface area (Å²) in [6, 6.07) is 18.0. The molecule has 0 radical (unpaired) electrons. The number of H-pyrrole nitrogens is 1. The number of hydrogen-bond donors (Lipinski definition) is 2. The van der Waals surface area contributed by atoms with Gasteiger partial charge in [-0.15, -0.1) is 11.3 Å². The van der Waals surface area contributed by atoms with E-state index in [-0.39, 0.29) is 17.9 Å². The molecule has 1 aliphatic heterocycles. The maximum atomic E-state index is 13.7. The van der Waals surface area contributed by atoms with Crippen molar-refractivity contribution in [3.63, 3.8) is 0 Å². The van der Waals surface area contributed by atoms with Gasteiger partial charge in [0.2, 0.25) is 5.95 Å². The summed E-state index contributed by atoms with van der Waals surface area (Å²) in [4.78, 5) is 27.5. The molecular formula is C38H36F3N9OS. The minimum atomic E-state index is -4.46. The Hall–Kier alpha value is -5.47. The SMILES string of the molecule is COc1cc(N2CCC(N(C)C)CC2)ccc1-c1cnc(N)nc1-c1c(-c2ccc3nc(Cc4ccccc4C(F)(F)F)[nH]c3c2)nc2sccn12. The number of ether oxygens (including phenoxy) is 1. The summed E-state index contributed by atoms with van der Waals surface area (Å²) >= 11 is 1.49. The summed E-state index contributed by atoms with van der Waals surface area (Å²) in [6.07, 6.45) is 1.38. The summed E-state index contributed by atoms with van der Waals surface area (Å²) in [6.45, 7) is 1.92. The molecule has 0 amide bonds. The van der Waals surface area contributed by atoms with Crippen LogP contribution in [0, 0.1) is 0 Å². The Balaban J connectivity index is 1.18. The first-order chi connectivity index (χ1) is 25.1. The lowest BCUT2D eigenvalue weighted by molar-refractivity contribution is -0.138. The molecule has 5 heterocycles. The fraction of sp³-hybridized carbons (Fsp3) is 0.263. The monoisotopic (exact) mass is 723 g/mol. The zero-order valence-corrected chi connectivity index (χ0v) is 29.6. The number of nitrogen functional groups attached to an aromatic ring is 1. The van der Waals surface area contributed by atoms with Gasteiger partial charge in [0.1, 0.15) is 23.0 Å². The molecule has 3 aromatic carbocycles. The summed E-state index contributed by atoms with van der Waals surface area (Å²) in [7, 11) is 5.94. The second-order valence-corrected chi connectivity index (χ2v) is 14.0. The first-order valence-corrected chi connectivity index (χ1v) is 17.8. The van der Waals surface area contributed by atoms with Gasteiger partial charge in [0.05, 0.1) is 29.4 Å². The first-order valence-electron chi connectivity index (χ1n) is 16.9. The van der Waals surface area contributed by atoms with Crippen molar-refractivity contribution in [3.8, 4) is 39.5 Å². The molecule has 0 bridgehead atoms. The molecule has 52 heavy (non-hydrogen) atoms. The van der Waals surface area contributed by atoms with E-state index in [1.807, 2.05) is 40.2 Å². The summed E-state index contributed by atoms with van der Waals surface area (Å²) in [5.41, 5.74) is 12.4. The number of nitrogens with two attached hydrogens (primary N) is 1. The Morgan fingerprint density at radius 2 is 1.79 bits per heavy atom. The molecule has 0 aliphatic carbocycles. The number of aromatic amines is 1. The Kier molecular flexibility index (Phi) is 8.58. The number of halogens is 3. The standard InChI is InChI=1S/C38H36F3N9OS/c1-48(2)24-12-14-49(15-13-24)25-9-10-26(31(20-25)51-3)27-21-43-36(42)46-34(27)35-33(47-37-50(35)16-17-52-37)23-8-11-29-30(18-23)45-32(44-29)19-22-6-4-5-7-28(22)38(39,40)41/h4-11,16-18,20-21,24H,12-15,19H2,1-3H3,(H,44,45)(H2,42,43,46). The molecule has 1 aliphatic rings. The highest BCUT2D eigenvalue weighted by Crippen LogP contribution is 2.43. The van der Waals surface area contributed by atoms with Crippen molar-refractivity contribution in [1.29, 1.82) is 0 Å². The van der Waals surface area contributed by atoms with Crippen LogP contribution in [0.3, 0.4) is 0 Å². The molecule has 0 spiro atoms. The number of alkyl halides is 3. The van der Waals surface area contributed by atoms with E-state index in [9.17, 15) is 13.2 Å². The Morgan fingerprint density at radius 1 is 0.981 bits per heavy atom. The number of nitrogens with zero attached hydrogens (tertiary/aromatic N) is 7. The number of piperidine rings is 1. The lowest BCUT2D eigenvalue weighted by Crippen LogP contribution is -2.41. The molecule has 0 atom stereocenters. The number of rotatable bonds is 8. The van der Waals surface area contributed by atoms with Gasteiger partial charge >= 0.3 is 6.18 Å². The van der Waals surface area contributed by atoms with Crippen LogP contribution in [0.1, 0.15) is 29.8 Å². The van der Waals surface area contributed by atoms with E-state index < -0.39 is 11.7 Å². The molecule has 8 rings (SSSR count). The van der Waals surface area contributed by atoms with Gasteiger partial charge in [0, 0.05) is 71.8 Å². The maximum absolute atomic E-state index is 13.7. The van der Waals surface area contributed by atoms with Gasteiger partial charge in [-0.1, -0.05) is 24.3 Å². The highest BCUT2D eigenvalue weighted by molar-refractivity contribution is 7.15. The van der Waals surface area contributed by atoms with E-state index in [0.717, 1.165) is 65.0 Å². The van der Waals surface area contributed by atoms with Crippen LogP contribution in [0.15, 0.2) is 78.4 Å². The molecule has 10 nitrogen and oxygen atoms in total. The van der Waals surface area contributed by atoms with Gasteiger partial charge in [0.25, 0.3) is 0 Å². The fourth-order valence-corrected chi connectivity index (χ4v) is 7.86. The van der Waals surface area contributed by atoms with Crippen LogP contribution in [-0.2, 0) is 12.6 Å². The predicted octanol–water partition coefficient (Wildman–Crippen LogP) is 7.79. The van der Waals surface area contributed by atoms with Crippen LogP contribution in [0.25, 0.3) is 49.8 Å². The normalized spacial score (nSPS) is 14.2. The lowest BCUT2D eigenvalue weighted by atomic mass is 9.98. The highest BCUT2D eigenvalue weighted by Gasteiger charge is 2.33. The van der Waals surface area contributed by atoms with Crippen LogP contribution in [0.5, 0.6) is 5.75 Å². The van der Waals surface area contributed by atoms with Gasteiger partial charge in [0.15, 0.2) is 4.96 Å². The summed E-state index contributed by atoms with van der Waals surface area (Å²) in [5, 5.41) is 1.96. The molecule has 266 valence electrons. The van der Waals surface area contributed by atoms with Gasteiger partial charge < -0.3 is 25.3 Å². The zero-order valence-electron chi connectivity index (χ0n) is 28.8. The van der Waals surface area contributed by atoms with Crippen molar-refractivity contribution in [2.45, 2.75) is 31.5 Å². The second kappa shape index (κ2) is 13.3. The van der Waals surface area contributed by atoms with E-state index in [4.69, 9.17) is 20.4 Å². The molecule has 3 N–H and O–H groups in total. The molecule has 4 aromatic heterocycles. The first kappa shape index (κ1) is 33.7. The quantitative estimate of drug-likeness (QED) is 0.163. The van der Waals surface area contributed by atoms with Gasteiger partial charge in [-0.25, -0.2) is 19.9 Å². The van der Waals surface area contributed by atoms with Crippen molar-refractivity contribution in [1.82, 2.24) is 34.2 Å². The van der Waals surface area contributed by atoms with E-state index >= 15 is 0 Å². The van der Waals surface area contributed by atoms with Crippen molar-refractivity contribution >= 4 is 39.0 Å². The number of anilines is 2. The maximum Gasteiger partial charge on any atom is 0.416 e. The highest BCUT2D eigenvalue weighted by atomic mass is 32.1. The van der Waals surface area contributed by atoms with E-state index in [1.165, 1.54) is 23.5 Å².